The van der Waals surface area contributed by atoms with Crippen LogP contribution in [0.15, 0.2) is 48.8 Å². The molecule has 2 aromatic heterocycles. The summed E-state index contributed by atoms with van der Waals surface area (Å²) in [6.45, 7) is -0.339. The van der Waals surface area contributed by atoms with E-state index in [1.165, 1.54) is 30.8 Å². The van der Waals surface area contributed by atoms with Crippen LogP contribution >= 0.6 is 11.3 Å². The normalized spacial score (nSPS) is 20.9. The molecule has 0 spiro atoms. The fourth-order valence-corrected chi connectivity index (χ4v) is 5.21. The summed E-state index contributed by atoms with van der Waals surface area (Å²) in [4.78, 5) is 21.3. The Balaban J connectivity index is 1.47. The van der Waals surface area contributed by atoms with Crippen LogP contribution in [-0.4, -0.2) is 38.3 Å². The van der Waals surface area contributed by atoms with Gasteiger partial charge in [-0.2, -0.15) is 13.2 Å². The van der Waals surface area contributed by atoms with Gasteiger partial charge in [-0.1, -0.05) is 24.3 Å². The number of fused-ring (bicyclic) bond motifs is 1. The maximum absolute atomic E-state index is 13.7. The zero-order valence-electron chi connectivity index (χ0n) is 17.3. The van der Waals surface area contributed by atoms with Crippen molar-refractivity contribution < 1.29 is 23.1 Å². The molecule has 3 atom stereocenters. The van der Waals surface area contributed by atoms with Crippen LogP contribution in [0.5, 0.6) is 0 Å². The highest BCUT2D eigenvalue weighted by Crippen LogP contribution is 2.41. The van der Waals surface area contributed by atoms with Gasteiger partial charge in [-0.05, 0) is 25.0 Å². The van der Waals surface area contributed by atoms with Gasteiger partial charge in [0.15, 0.2) is 0 Å². The Morgan fingerprint density at radius 1 is 1.28 bits per heavy atom. The van der Waals surface area contributed by atoms with E-state index >= 15 is 0 Å². The summed E-state index contributed by atoms with van der Waals surface area (Å²) >= 11 is 1.53. The second-order valence-electron chi connectivity index (χ2n) is 7.94. The Bertz CT molecular complexity index is 1110. The van der Waals surface area contributed by atoms with Crippen molar-refractivity contribution in [2.24, 2.45) is 13.0 Å². The van der Waals surface area contributed by atoms with E-state index in [9.17, 15) is 23.1 Å². The summed E-state index contributed by atoms with van der Waals surface area (Å²) < 4.78 is 43.2. The maximum Gasteiger partial charge on any atom is 0.424 e. The largest absolute Gasteiger partial charge is 0.424 e. The Hall–Kier alpha value is -2.72. The first-order chi connectivity index (χ1) is 15.2. The molecule has 1 aliphatic carbocycles. The van der Waals surface area contributed by atoms with Gasteiger partial charge in [0.2, 0.25) is 11.5 Å². The van der Waals surface area contributed by atoms with Crippen molar-refractivity contribution in [2.45, 2.75) is 37.0 Å². The lowest BCUT2D eigenvalue weighted by Crippen LogP contribution is -2.47. The number of para-hydroxylation sites is 1. The molecule has 10 heteroatoms. The molecule has 0 fully saturated rings. The molecule has 0 saturated carbocycles. The zero-order chi connectivity index (χ0) is 22.9. The van der Waals surface area contributed by atoms with Crippen LogP contribution in [0.1, 0.15) is 36.0 Å². The number of carbonyl (C=O) groups excluding carboxylic acids is 1. The summed E-state index contributed by atoms with van der Waals surface area (Å²) in [5.74, 6) is -1.43. The van der Waals surface area contributed by atoms with Gasteiger partial charge in [-0.3, -0.25) is 4.79 Å². The molecule has 4 rings (SSSR count). The summed E-state index contributed by atoms with van der Waals surface area (Å²) in [5.41, 5.74) is -2.29. The van der Waals surface area contributed by atoms with Gasteiger partial charge in [0.05, 0.1) is 21.1 Å². The number of imidazole rings is 1. The molecule has 32 heavy (non-hydrogen) atoms. The van der Waals surface area contributed by atoms with Crippen LogP contribution in [-0.2, 0) is 17.4 Å². The summed E-state index contributed by atoms with van der Waals surface area (Å²) in [5, 5.41) is 13.9. The topological polar surface area (TPSA) is 80.0 Å². The zero-order valence-corrected chi connectivity index (χ0v) is 18.2. The number of benzene rings is 1. The van der Waals surface area contributed by atoms with Crippen molar-refractivity contribution in [3.05, 3.63) is 59.6 Å². The summed E-state index contributed by atoms with van der Waals surface area (Å²) in [7, 11) is 1.38. The third-order valence-electron chi connectivity index (χ3n) is 5.84. The third kappa shape index (κ3) is 4.16. The molecule has 0 saturated heterocycles. The fourth-order valence-electron chi connectivity index (χ4n) is 4.07. The fraction of sp³-hybridized carbons (Fsp3) is 0.409. The Morgan fingerprint density at radius 3 is 2.72 bits per heavy atom. The van der Waals surface area contributed by atoms with Crippen molar-refractivity contribution >= 4 is 27.5 Å². The average molecular weight is 465 g/mol. The molecule has 1 amide bonds. The van der Waals surface area contributed by atoms with E-state index in [1.807, 2.05) is 36.4 Å². The number of thiazole rings is 1. The number of hydrogen-bond acceptors (Lipinski definition) is 5. The van der Waals surface area contributed by atoms with Crippen molar-refractivity contribution in [3.8, 4) is 0 Å². The average Bonchev–Trinajstić information content (AvgIpc) is 3.39. The molecule has 1 aliphatic rings. The number of nitrogens with one attached hydrogen (secondary N) is 1. The quantitative estimate of drug-likeness (QED) is 0.540. The molecule has 3 unspecified atom stereocenters. The molecule has 1 aromatic carbocycles. The van der Waals surface area contributed by atoms with Gasteiger partial charge in [0, 0.05) is 38.3 Å². The molecule has 0 bridgehead atoms. The first-order valence-corrected chi connectivity index (χ1v) is 11.1. The summed E-state index contributed by atoms with van der Waals surface area (Å²) in [6.07, 6.45) is 1.89. The van der Waals surface area contributed by atoms with Crippen molar-refractivity contribution in [3.63, 3.8) is 0 Å². The van der Waals surface area contributed by atoms with Gasteiger partial charge >= 0.3 is 6.18 Å². The van der Waals surface area contributed by atoms with E-state index in [-0.39, 0.29) is 18.4 Å². The third-order valence-corrected chi connectivity index (χ3v) is 7.01. The van der Waals surface area contributed by atoms with E-state index in [2.05, 4.69) is 15.3 Å². The smallest absolute Gasteiger partial charge is 0.374 e. The molecule has 0 aliphatic heterocycles. The minimum atomic E-state index is -4.94. The van der Waals surface area contributed by atoms with Crippen molar-refractivity contribution in [1.82, 2.24) is 19.9 Å². The first-order valence-electron chi connectivity index (χ1n) is 10.3. The van der Waals surface area contributed by atoms with Gasteiger partial charge in [0.25, 0.3) is 0 Å². The second-order valence-corrected chi connectivity index (χ2v) is 9.00. The Labute approximate surface area is 186 Å². The number of halogens is 3. The predicted octanol–water partition coefficient (Wildman–Crippen LogP) is 4.04. The summed E-state index contributed by atoms with van der Waals surface area (Å²) in [6, 6.07) is 7.72. The molecule has 3 aromatic rings. The lowest BCUT2D eigenvalue weighted by Gasteiger charge is -2.31. The molecule has 0 radical (unpaired) electrons. The van der Waals surface area contributed by atoms with Crippen molar-refractivity contribution in [2.75, 3.05) is 6.54 Å². The van der Waals surface area contributed by atoms with Crippen LogP contribution in [0, 0.1) is 5.92 Å². The van der Waals surface area contributed by atoms with E-state index < -0.39 is 29.9 Å². The highest BCUT2D eigenvalue weighted by atomic mass is 32.1. The number of hydrogen-bond donors (Lipinski definition) is 2. The lowest BCUT2D eigenvalue weighted by molar-refractivity contribution is -0.272. The number of amides is 1. The number of rotatable bonds is 6. The predicted molar refractivity (Wildman–Crippen MR) is 115 cm³/mol. The minimum absolute atomic E-state index is 0.145. The SMILES string of the molecule is Cn1ccnc1C(O)(CCNC(=O)C1CC=CCC1c1nc2ccccc2s1)C(F)(F)F. The van der Waals surface area contributed by atoms with E-state index in [0.29, 0.717) is 12.8 Å². The Morgan fingerprint density at radius 2 is 2.03 bits per heavy atom. The number of aromatic nitrogens is 3. The highest BCUT2D eigenvalue weighted by molar-refractivity contribution is 7.18. The number of carbonyl (C=O) groups is 1. The van der Waals surface area contributed by atoms with Gasteiger partial charge < -0.3 is 15.0 Å². The van der Waals surface area contributed by atoms with Gasteiger partial charge in [0.1, 0.15) is 5.82 Å². The van der Waals surface area contributed by atoms with Crippen LogP contribution in [0.3, 0.4) is 0 Å². The van der Waals surface area contributed by atoms with Crippen LogP contribution < -0.4 is 5.32 Å². The minimum Gasteiger partial charge on any atom is -0.374 e. The monoisotopic (exact) mass is 464 g/mol. The molecule has 2 heterocycles. The van der Waals surface area contributed by atoms with E-state index in [1.54, 1.807) is 0 Å². The standard InChI is InChI=1S/C22H23F3N4O2S/c1-29-13-12-27-20(29)21(31,22(23,24)25)10-11-26-18(30)14-6-2-3-7-15(14)19-28-16-8-4-5-9-17(16)32-19/h2-5,8-9,12-15,31H,6-7,10-11H2,1H3,(H,26,30). The maximum atomic E-state index is 13.7. The molecular weight excluding hydrogens is 441 g/mol. The van der Waals surface area contributed by atoms with Crippen LogP contribution in [0.25, 0.3) is 10.2 Å². The van der Waals surface area contributed by atoms with Gasteiger partial charge in [-0.15, -0.1) is 11.3 Å². The van der Waals surface area contributed by atoms with E-state index in [4.69, 9.17) is 0 Å². The molecule has 2 N–H and O–H groups in total. The number of aliphatic hydroxyl groups is 1. The highest BCUT2D eigenvalue weighted by Gasteiger charge is 2.57. The van der Waals surface area contributed by atoms with Crippen molar-refractivity contribution in [1.29, 1.82) is 0 Å². The van der Waals surface area contributed by atoms with Crippen LogP contribution in [0.4, 0.5) is 13.2 Å². The number of aryl methyl sites for hydroxylation is 1. The van der Waals surface area contributed by atoms with Gasteiger partial charge in [-0.25, -0.2) is 9.97 Å². The van der Waals surface area contributed by atoms with Crippen LogP contribution in [0.2, 0.25) is 0 Å². The Kier molecular flexibility index (Phi) is 6.09. The number of alkyl halides is 3. The number of allylic oxidation sites excluding steroid dienone is 2. The first kappa shape index (κ1) is 22.5. The van der Waals surface area contributed by atoms with E-state index in [0.717, 1.165) is 19.8 Å². The lowest BCUT2D eigenvalue weighted by atomic mass is 9.82. The second kappa shape index (κ2) is 8.67. The molecule has 170 valence electrons. The molecular formula is C22H23F3N4O2S. The number of nitrogens with zero attached hydrogens (tertiary/aromatic N) is 3. The molecule has 6 nitrogen and oxygen atoms in total.